The second-order valence-electron chi connectivity index (χ2n) is 6.06. The molecule has 3 rings (SSSR count). The van der Waals surface area contributed by atoms with Crippen LogP contribution in [0.3, 0.4) is 0 Å². The van der Waals surface area contributed by atoms with Gasteiger partial charge in [-0.15, -0.1) is 0 Å². The van der Waals surface area contributed by atoms with Crippen molar-refractivity contribution in [1.29, 1.82) is 0 Å². The van der Waals surface area contributed by atoms with Crippen molar-refractivity contribution in [3.8, 4) is 5.75 Å². The molecule has 0 aliphatic carbocycles. The molecule has 1 N–H and O–H groups in total. The van der Waals surface area contributed by atoms with E-state index in [2.05, 4.69) is 22.4 Å². The quantitative estimate of drug-likeness (QED) is 0.912. The number of nitrogens with zero attached hydrogens (tertiary/aromatic N) is 1. The van der Waals surface area contributed by atoms with Crippen molar-refractivity contribution in [3.63, 3.8) is 0 Å². The van der Waals surface area contributed by atoms with Crippen LogP contribution in [0.2, 0.25) is 5.02 Å². The third-order valence-electron chi connectivity index (χ3n) is 4.21. The Morgan fingerprint density at radius 2 is 2.23 bits per heavy atom. The minimum Gasteiger partial charge on any atom is -0.491 e. The molecule has 0 saturated carbocycles. The van der Waals surface area contributed by atoms with Crippen LogP contribution < -0.4 is 10.1 Å². The zero-order chi connectivity index (χ0) is 15.3. The average molecular weight is 317 g/mol. The first-order chi connectivity index (χ1) is 10.8. The van der Waals surface area contributed by atoms with E-state index in [0.717, 1.165) is 36.7 Å². The fourth-order valence-corrected chi connectivity index (χ4v) is 3.32. The zero-order valence-electron chi connectivity index (χ0n) is 12.6. The Balaban J connectivity index is 1.73. The van der Waals surface area contributed by atoms with Gasteiger partial charge in [0.2, 0.25) is 0 Å². The summed E-state index contributed by atoms with van der Waals surface area (Å²) in [6.07, 6.45) is 6.84. The standard InChI is InChI=1S/C18H21ClN2O/c19-16-5-1-4-15(10-16)11-18(7-3-9-21-13-18)14-22-17-6-2-8-20-12-17/h1-2,4-6,8,10,12,21H,3,7,9,11,13-14H2. The number of rotatable bonds is 5. The largest absolute Gasteiger partial charge is 0.491 e. The highest BCUT2D eigenvalue weighted by atomic mass is 35.5. The Bertz CT molecular complexity index is 597. The highest BCUT2D eigenvalue weighted by Gasteiger charge is 2.33. The third-order valence-corrected chi connectivity index (χ3v) is 4.44. The summed E-state index contributed by atoms with van der Waals surface area (Å²) < 4.78 is 6.02. The van der Waals surface area contributed by atoms with Gasteiger partial charge in [-0.3, -0.25) is 4.98 Å². The smallest absolute Gasteiger partial charge is 0.137 e. The van der Waals surface area contributed by atoms with Crippen molar-refractivity contribution in [1.82, 2.24) is 10.3 Å². The fraction of sp³-hybridized carbons (Fsp3) is 0.389. The van der Waals surface area contributed by atoms with Crippen molar-refractivity contribution in [3.05, 3.63) is 59.4 Å². The van der Waals surface area contributed by atoms with Gasteiger partial charge in [0.1, 0.15) is 5.75 Å². The maximum absolute atomic E-state index is 6.13. The molecule has 1 aromatic carbocycles. The molecule has 22 heavy (non-hydrogen) atoms. The van der Waals surface area contributed by atoms with E-state index < -0.39 is 0 Å². The molecule has 2 heterocycles. The predicted molar refractivity (Wildman–Crippen MR) is 89.4 cm³/mol. The van der Waals surface area contributed by atoms with Gasteiger partial charge in [-0.1, -0.05) is 23.7 Å². The Labute approximate surface area is 136 Å². The summed E-state index contributed by atoms with van der Waals surface area (Å²) in [6, 6.07) is 12.0. The molecule has 1 fully saturated rings. The zero-order valence-corrected chi connectivity index (χ0v) is 13.4. The van der Waals surface area contributed by atoms with Gasteiger partial charge in [0.25, 0.3) is 0 Å². The Kier molecular flexibility index (Phi) is 4.96. The first kappa shape index (κ1) is 15.3. The van der Waals surface area contributed by atoms with E-state index in [1.54, 1.807) is 12.4 Å². The van der Waals surface area contributed by atoms with Crippen LogP contribution in [0.15, 0.2) is 48.8 Å². The van der Waals surface area contributed by atoms with Gasteiger partial charge in [0, 0.05) is 23.2 Å². The van der Waals surface area contributed by atoms with Crippen LogP contribution in [0.5, 0.6) is 5.75 Å². The van der Waals surface area contributed by atoms with E-state index in [-0.39, 0.29) is 5.41 Å². The summed E-state index contributed by atoms with van der Waals surface area (Å²) in [4.78, 5) is 4.11. The molecule has 0 spiro atoms. The number of hydrogen-bond donors (Lipinski definition) is 1. The van der Waals surface area contributed by atoms with Crippen LogP contribution >= 0.6 is 11.6 Å². The molecule has 1 saturated heterocycles. The van der Waals surface area contributed by atoms with Crippen molar-refractivity contribution < 1.29 is 4.74 Å². The second kappa shape index (κ2) is 7.12. The van der Waals surface area contributed by atoms with Gasteiger partial charge in [-0.25, -0.2) is 0 Å². The van der Waals surface area contributed by atoms with Gasteiger partial charge in [0.15, 0.2) is 0 Å². The van der Waals surface area contributed by atoms with E-state index in [0.29, 0.717) is 6.61 Å². The lowest BCUT2D eigenvalue weighted by molar-refractivity contribution is 0.110. The van der Waals surface area contributed by atoms with Crippen LogP contribution in [0.1, 0.15) is 18.4 Å². The molecule has 1 aromatic heterocycles. The topological polar surface area (TPSA) is 34.1 Å². The number of pyridine rings is 1. The predicted octanol–water partition coefficient (Wildman–Crippen LogP) is 3.73. The van der Waals surface area contributed by atoms with Gasteiger partial charge in [-0.2, -0.15) is 0 Å². The summed E-state index contributed by atoms with van der Waals surface area (Å²) in [5.74, 6) is 0.832. The van der Waals surface area contributed by atoms with Gasteiger partial charge < -0.3 is 10.1 Å². The number of benzene rings is 1. The summed E-state index contributed by atoms with van der Waals surface area (Å²) >= 11 is 6.13. The molecule has 0 amide bonds. The van der Waals surface area contributed by atoms with E-state index >= 15 is 0 Å². The number of hydrogen-bond acceptors (Lipinski definition) is 3. The Morgan fingerprint density at radius 3 is 2.95 bits per heavy atom. The normalized spacial score (nSPS) is 21.5. The number of piperidine rings is 1. The molecule has 2 aromatic rings. The molecule has 3 nitrogen and oxygen atoms in total. The van der Waals surface area contributed by atoms with Crippen LogP contribution in [0.25, 0.3) is 0 Å². The molecule has 1 aliphatic heterocycles. The minimum atomic E-state index is 0.110. The maximum Gasteiger partial charge on any atom is 0.137 e. The maximum atomic E-state index is 6.13. The van der Waals surface area contributed by atoms with Crippen LogP contribution in [0.4, 0.5) is 0 Å². The average Bonchev–Trinajstić information content (AvgIpc) is 2.55. The monoisotopic (exact) mass is 316 g/mol. The Hall–Kier alpha value is -1.58. The van der Waals surface area contributed by atoms with Crippen LogP contribution in [-0.4, -0.2) is 24.7 Å². The van der Waals surface area contributed by atoms with E-state index in [9.17, 15) is 0 Å². The first-order valence-corrected chi connectivity index (χ1v) is 8.12. The molecular formula is C18H21ClN2O. The molecule has 116 valence electrons. The molecule has 4 heteroatoms. The lowest BCUT2D eigenvalue weighted by Gasteiger charge is -2.37. The lowest BCUT2D eigenvalue weighted by Crippen LogP contribution is -2.45. The van der Waals surface area contributed by atoms with Crippen molar-refractivity contribution in [2.75, 3.05) is 19.7 Å². The summed E-state index contributed by atoms with van der Waals surface area (Å²) in [5, 5.41) is 4.31. The third kappa shape index (κ3) is 3.99. The van der Waals surface area contributed by atoms with Crippen LogP contribution in [-0.2, 0) is 6.42 Å². The SMILES string of the molecule is Clc1cccc(CC2(COc3cccnc3)CCCNC2)c1. The first-order valence-electron chi connectivity index (χ1n) is 7.74. The molecular weight excluding hydrogens is 296 g/mol. The Morgan fingerprint density at radius 1 is 1.27 bits per heavy atom. The van der Waals surface area contributed by atoms with E-state index in [1.807, 2.05) is 24.3 Å². The summed E-state index contributed by atoms with van der Waals surface area (Å²) in [7, 11) is 0. The van der Waals surface area contributed by atoms with Crippen molar-refractivity contribution in [2.45, 2.75) is 19.3 Å². The molecule has 1 aliphatic rings. The highest BCUT2D eigenvalue weighted by Crippen LogP contribution is 2.32. The van der Waals surface area contributed by atoms with E-state index in [1.165, 1.54) is 12.0 Å². The number of aromatic nitrogens is 1. The second-order valence-corrected chi connectivity index (χ2v) is 6.50. The molecule has 1 atom stereocenters. The summed E-state index contributed by atoms with van der Waals surface area (Å²) in [6.45, 7) is 2.75. The van der Waals surface area contributed by atoms with Gasteiger partial charge >= 0.3 is 0 Å². The van der Waals surface area contributed by atoms with Crippen LogP contribution in [0, 0.1) is 5.41 Å². The summed E-state index contributed by atoms with van der Waals surface area (Å²) in [5.41, 5.74) is 1.38. The number of nitrogens with one attached hydrogen (secondary N) is 1. The molecule has 1 unspecified atom stereocenters. The highest BCUT2D eigenvalue weighted by molar-refractivity contribution is 6.30. The van der Waals surface area contributed by atoms with Crippen molar-refractivity contribution >= 4 is 11.6 Å². The van der Waals surface area contributed by atoms with Crippen molar-refractivity contribution in [2.24, 2.45) is 5.41 Å². The lowest BCUT2D eigenvalue weighted by atomic mass is 9.76. The number of ether oxygens (including phenoxy) is 1. The molecule has 0 bridgehead atoms. The minimum absolute atomic E-state index is 0.110. The van der Waals surface area contributed by atoms with Gasteiger partial charge in [-0.05, 0) is 55.6 Å². The number of halogens is 1. The van der Waals surface area contributed by atoms with Gasteiger partial charge in [0.05, 0.1) is 12.8 Å². The van der Waals surface area contributed by atoms with E-state index in [4.69, 9.17) is 16.3 Å². The fourth-order valence-electron chi connectivity index (χ4n) is 3.10. The molecule has 0 radical (unpaired) electrons.